The van der Waals surface area contributed by atoms with Gasteiger partial charge in [-0.1, -0.05) is 42.4 Å². The van der Waals surface area contributed by atoms with Crippen LogP contribution in [0.25, 0.3) is 0 Å². The van der Waals surface area contributed by atoms with Crippen LogP contribution >= 0.6 is 0 Å². The molecule has 0 aliphatic heterocycles. The number of aliphatic hydroxyl groups excluding tert-OH is 1. The molecule has 1 rings (SSSR count). The van der Waals surface area contributed by atoms with Crippen LogP contribution in [0.4, 0.5) is 0 Å². The highest BCUT2D eigenvalue weighted by Crippen LogP contribution is 2.17. The summed E-state index contributed by atoms with van der Waals surface area (Å²) in [6.07, 6.45) is 16.3. The number of hydrogen-bond donors (Lipinski definition) is 1. The van der Waals surface area contributed by atoms with E-state index >= 15 is 0 Å². The van der Waals surface area contributed by atoms with Crippen LogP contribution in [0.2, 0.25) is 0 Å². The van der Waals surface area contributed by atoms with E-state index in [4.69, 9.17) is 5.11 Å². The van der Waals surface area contributed by atoms with Crippen LogP contribution in [0.5, 0.6) is 0 Å². The Bertz CT molecular complexity index is 234. The Labute approximate surface area is 86.8 Å². The largest absolute Gasteiger partial charge is 0.389 e. The topological polar surface area (TPSA) is 20.2 Å². The third-order valence-corrected chi connectivity index (χ3v) is 2.39. The average molecular weight is 192 g/mol. The van der Waals surface area contributed by atoms with Crippen LogP contribution in [-0.4, -0.2) is 11.2 Å². The van der Waals surface area contributed by atoms with Gasteiger partial charge in [0.25, 0.3) is 0 Å². The van der Waals surface area contributed by atoms with E-state index in [1.165, 1.54) is 37.7 Å². The van der Waals surface area contributed by atoms with Gasteiger partial charge in [0.1, 0.15) is 0 Å². The molecule has 1 nitrogen and oxygen atoms in total. The van der Waals surface area contributed by atoms with Crippen molar-refractivity contribution in [3.63, 3.8) is 0 Å². The molecule has 1 heteroatoms. The Hall–Kier alpha value is -0.820. The van der Waals surface area contributed by atoms with Crippen molar-refractivity contribution in [3.8, 4) is 0 Å². The van der Waals surface area contributed by atoms with Gasteiger partial charge in [-0.2, -0.15) is 0 Å². The predicted octanol–water partition coefficient (Wildman–Crippen LogP) is 3.37. The summed E-state index contributed by atoms with van der Waals surface area (Å²) in [5, 5.41) is 9.00. The minimum atomic E-state index is -0.345. The molecule has 0 aromatic rings. The second-order valence-electron chi connectivity index (χ2n) is 3.86. The summed E-state index contributed by atoms with van der Waals surface area (Å²) in [4.78, 5) is 0. The Balaban J connectivity index is 2.38. The lowest BCUT2D eigenvalue weighted by Crippen LogP contribution is -1.90. The van der Waals surface area contributed by atoms with Gasteiger partial charge in [-0.15, -0.1) is 0 Å². The molecule has 14 heavy (non-hydrogen) atoms. The maximum atomic E-state index is 9.00. The van der Waals surface area contributed by atoms with Crippen molar-refractivity contribution < 1.29 is 5.11 Å². The molecule has 0 saturated carbocycles. The molecule has 0 aromatic heterocycles. The van der Waals surface area contributed by atoms with Gasteiger partial charge in [-0.3, -0.25) is 0 Å². The van der Waals surface area contributed by atoms with Crippen molar-refractivity contribution in [2.45, 2.75) is 45.1 Å². The average Bonchev–Trinajstić information content (AvgIpc) is 2.40. The van der Waals surface area contributed by atoms with Crippen LogP contribution < -0.4 is 0 Å². The van der Waals surface area contributed by atoms with Crippen LogP contribution in [0.1, 0.15) is 39.0 Å². The van der Waals surface area contributed by atoms with E-state index in [0.29, 0.717) is 0 Å². The quantitative estimate of drug-likeness (QED) is 0.680. The second kappa shape index (κ2) is 6.61. The van der Waals surface area contributed by atoms with Crippen molar-refractivity contribution in [2.24, 2.45) is 0 Å². The molecule has 0 saturated heterocycles. The molecule has 1 N–H and O–H groups in total. The molecule has 0 bridgehead atoms. The van der Waals surface area contributed by atoms with Crippen molar-refractivity contribution in [2.75, 3.05) is 0 Å². The number of rotatable bonds is 3. The van der Waals surface area contributed by atoms with Gasteiger partial charge in [0.05, 0.1) is 6.10 Å². The maximum Gasteiger partial charge on any atom is 0.0695 e. The highest BCUT2D eigenvalue weighted by Gasteiger charge is 1.98. The zero-order valence-electron chi connectivity index (χ0n) is 8.95. The Morgan fingerprint density at radius 1 is 1.29 bits per heavy atom. The molecule has 1 atom stereocenters. The van der Waals surface area contributed by atoms with Crippen molar-refractivity contribution in [3.05, 3.63) is 36.0 Å². The fraction of sp³-hybridized carbons (Fsp3) is 0.538. The molecule has 0 spiro atoms. The minimum absolute atomic E-state index is 0.345. The molecule has 0 heterocycles. The van der Waals surface area contributed by atoms with Gasteiger partial charge >= 0.3 is 0 Å². The molecule has 0 amide bonds. The van der Waals surface area contributed by atoms with Gasteiger partial charge in [0.2, 0.25) is 0 Å². The van der Waals surface area contributed by atoms with Crippen molar-refractivity contribution >= 4 is 0 Å². The summed E-state index contributed by atoms with van der Waals surface area (Å²) in [5.41, 5.74) is 1.44. The summed E-state index contributed by atoms with van der Waals surface area (Å²) >= 11 is 0. The molecular weight excluding hydrogens is 172 g/mol. The van der Waals surface area contributed by atoms with Crippen LogP contribution in [0, 0.1) is 0 Å². The summed E-state index contributed by atoms with van der Waals surface area (Å²) in [6, 6.07) is 0. The van der Waals surface area contributed by atoms with Gasteiger partial charge in [0.15, 0.2) is 0 Å². The van der Waals surface area contributed by atoms with Crippen LogP contribution in [0.15, 0.2) is 36.0 Å². The van der Waals surface area contributed by atoms with Crippen LogP contribution in [-0.2, 0) is 0 Å². The molecule has 0 radical (unpaired) electrons. The highest BCUT2D eigenvalue weighted by molar-refractivity contribution is 5.23. The lowest BCUT2D eigenvalue weighted by molar-refractivity contribution is 0.244. The summed E-state index contributed by atoms with van der Waals surface area (Å²) in [5.74, 6) is 0. The van der Waals surface area contributed by atoms with Gasteiger partial charge in [0, 0.05) is 0 Å². The van der Waals surface area contributed by atoms with E-state index in [1.54, 1.807) is 13.0 Å². The smallest absolute Gasteiger partial charge is 0.0695 e. The Morgan fingerprint density at radius 3 is 2.93 bits per heavy atom. The fourth-order valence-electron chi connectivity index (χ4n) is 1.60. The van der Waals surface area contributed by atoms with E-state index in [2.05, 4.69) is 12.2 Å². The standard InChI is InChI=1S/C13H20O/c1-12(14)8-6-7-11-13-9-4-2-3-5-10-13/h6-9,11-12,14H,2-5,10H2,1H3/b8-6+,11-7+. The lowest BCUT2D eigenvalue weighted by Gasteiger charge is -1.95. The normalized spacial score (nSPS) is 21.1. The third-order valence-electron chi connectivity index (χ3n) is 2.39. The first kappa shape index (κ1) is 11.3. The van der Waals surface area contributed by atoms with E-state index in [9.17, 15) is 0 Å². The molecular formula is C13H20O. The summed E-state index contributed by atoms with van der Waals surface area (Å²) < 4.78 is 0. The van der Waals surface area contributed by atoms with E-state index in [1.807, 2.05) is 12.2 Å². The van der Waals surface area contributed by atoms with Crippen LogP contribution in [0.3, 0.4) is 0 Å². The van der Waals surface area contributed by atoms with Gasteiger partial charge in [-0.25, -0.2) is 0 Å². The Morgan fingerprint density at radius 2 is 2.14 bits per heavy atom. The Kier molecular flexibility index (Phi) is 5.31. The highest BCUT2D eigenvalue weighted by atomic mass is 16.3. The fourth-order valence-corrected chi connectivity index (χ4v) is 1.60. The number of aliphatic hydroxyl groups is 1. The number of allylic oxidation sites excluding steroid dienone is 5. The summed E-state index contributed by atoms with van der Waals surface area (Å²) in [7, 11) is 0. The number of hydrogen-bond acceptors (Lipinski definition) is 1. The molecule has 0 fully saturated rings. The van der Waals surface area contributed by atoms with Crippen molar-refractivity contribution in [1.29, 1.82) is 0 Å². The first-order valence-electron chi connectivity index (χ1n) is 5.51. The zero-order chi connectivity index (χ0) is 10.2. The maximum absolute atomic E-state index is 9.00. The first-order chi connectivity index (χ1) is 6.79. The predicted molar refractivity (Wildman–Crippen MR) is 61.1 cm³/mol. The molecule has 1 aliphatic carbocycles. The second-order valence-corrected chi connectivity index (χ2v) is 3.86. The summed E-state index contributed by atoms with van der Waals surface area (Å²) in [6.45, 7) is 1.76. The third kappa shape index (κ3) is 5.03. The minimum Gasteiger partial charge on any atom is -0.389 e. The van der Waals surface area contributed by atoms with Gasteiger partial charge in [-0.05, 0) is 32.6 Å². The molecule has 1 aliphatic rings. The lowest BCUT2D eigenvalue weighted by atomic mass is 10.1. The van der Waals surface area contributed by atoms with E-state index in [0.717, 1.165) is 0 Å². The van der Waals surface area contributed by atoms with Gasteiger partial charge < -0.3 is 5.11 Å². The molecule has 1 unspecified atom stereocenters. The molecule has 0 aromatic carbocycles. The monoisotopic (exact) mass is 192 g/mol. The van der Waals surface area contributed by atoms with E-state index in [-0.39, 0.29) is 6.10 Å². The first-order valence-corrected chi connectivity index (χ1v) is 5.51. The SMILES string of the molecule is CC(O)/C=C/C=C/C1=CCCCCC1. The van der Waals surface area contributed by atoms with Crippen molar-refractivity contribution in [1.82, 2.24) is 0 Å². The zero-order valence-corrected chi connectivity index (χ0v) is 8.95. The van der Waals surface area contributed by atoms with E-state index < -0.39 is 0 Å². The molecule has 78 valence electrons.